The normalized spacial score (nSPS) is 16.5. The fraction of sp³-hybridized carbons (Fsp3) is 0.375. The quantitative estimate of drug-likeness (QED) is 0.304. The Hall–Kier alpha value is -4.85. The first-order valence-electron chi connectivity index (χ1n) is 14.4. The molecule has 0 saturated carbocycles. The third-order valence-corrected chi connectivity index (χ3v) is 7.65. The van der Waals surface area contributed by atoms with Gasteiger partial charge in [0.15, 0.2) is 0 Å². The number of carbonyl (C=O) groups is 4. The van der Waals surface area contributed by atoms with Crippen molar-refractivity contribution in [3.63, 3.8) is 0 Å². The highest BCUT2D eigenvalue weighted by Gasteiger charge is 2.51. The van der Waals surface area contributed by atoms with Crippen molar-refractivity contribution in [3.05, 3.63) is 82.8 Å². The second-order valence-corrected chi connectivity index (χ2v) is 12.2. The van der Waals surface area contributed by atoms with Gasteiger partial charge in [-0.1, -0.05) is 51.1 Å². The number of rotatable bonds is 7. The van der Waals surface area contributed by atoms with E-state index in [9.17, 15) is 27.6 Å². The maximum absolute atomic E-state index is 13.3. The van der Waals surface area contributed by atoms with Crippen molar-refractivity contribution in [1.29, 1.82) is 0 Å². The number of carbonyl (C=O) groups excluding carboxylic acids is 3. The molecule has 1 aliphatic heterocycles. The maximum atomic E-state index is 13.3. The molecule has 14 heteroatoms. The summed E-state index contributed by atoms with van der Waals surface area (Å²) in [7, 11) is 1.88. The topological polar surface area (TPSA) is 154 Å². The number of carboxylic acids is 1. The van der Waals surface area contributed by atoms with E-state index >= 15 is 0 Å². The van der Waals surface area contributed by atoms with E-state index in [0.29, 0.717) is 37.4 Å². The number of aliphatic carboxylic acids is 1. The largest absolute Gasteiger partial charge is 0.490 e. The van der Waals surface area contributed by atoms with Gasteiger partial charge in [-0.05, 0) is 42.3 Å². The smallest absolute Gasteiger partial charge is 0.475 e. The van der Waals surface area contributed by atoms with Gasteiger partial charge in [0.25, 0.3) is 0 Å². The van der Waals surface area contributed by atoms with Crippen LogP contribution in [0, 0.1) is 5.41 Å². The highest BCUT2D eigenvalue weighted by atomic mass is 19.4. The van der Waals surface area contributed by atoms with Crippen LogP contribution in [0.25, 0.3) is 0 Å². The van der Waals surface area contributed by atoms with Crippen LogP contribution in [-0.4, -0.2) is 63.4 Å². The van der Waals surface area contributed by atoms with Crippen LogP contribution in [0.5, 0.6) is 0 Å². The summed E-state index contributed by atoms with van der Waals surface area (Å²) < 4.78 is 31.7. The number of amides is 3. The van der Waals surface area contributed by atoms with Gasteiger partial charge in [-0.2, -0.15) is 13.2 Å². The Morgan fingerprint density at radius 2 is 1.72 bits per heavy atom. The number of nitrogens with zero attached hydrogens (tertiary/aromatic N) is 3. The van der Waals surface area contributed by atoms with Crippen LogP contribution in [0.4, 0.5) is 24.7 Å². The molecule has 2 aliphatic rings. The lowest BCUT2D eigenvalue weighted by Crippen LogP contribution is -2.43. The lowest BCUT2D eigenvalue weighted by molar-refractivity contribution is -0.192. The molecule has 244 valence electrons. The molecule has 3 heterocycles. The number of alkyl halides is 3. The number of hydrogen-bond donors (Lipinski definition) is 4. The lowest BCUT2D eigenvalue weighted by Gasteiger charge is -2.30. The average molecular weight is 641 g/mol. The summed E-state index contributed by atoms with van der Waals surface area (Å²) >= 11 is 0. The Morgan fingerprint density at radius 1 is 1.04 bits per heavy atom. The molecule has 5 rings (SSSR count). The number of carboxylic acid groups (broad SMARTS) is 1. The minimum Gasteiger partial charge on any atom is -0.475 e. The third kappa shape index (κ3) is 7.50. The van der Waals surface area contributed by atoms with Crippen molar-refractivity contribution < 1.29 is 37.5 Å². The van der Waals surface area contributed by atoms with Crippen LogP contribution in [0.15, 0.2) is 54.9 Å². The molecule has 1 aromatic carbocycles. The number of benzene rings is 1. The minimum atomic E-state index is -5.08. The SMILES string of the molecule is CNCc1ccccc1CN(CC(=O)Nc1cnc2c(c1)CC1(C2)C(=O)Nc2ncccc21)C(=O)C(C)(C)C.O=C(O)C(F)(F)F. The van der Waals surface area contributed by atoms with Crippen LogP contribution in [0.2, 0.25) is 0 Å². The van der Waals surface area contributed by atoms with Gasteiger partial charge in [0.05, 0.1) is 17.3 Å². The predicted octanol–water partition coefficient (Wildman–Crippen LogP) is 3.83. The Labute approximate surface area is 263 Å². The molecular weight excluding hydrogens is 605 g/mol. The molecule has 0 bridgehead atoms. The summed E-state index contributed by atoms with van der Waals surface area (Å²) in [5, 5.41) is 16.1. The van der Waals surface area contributed by atoms with E-state index in [4.69, 9.17) is 9.90 Å². The van der Waals surface area contributed by atoms with E-state index in [-0.39, 0.29) is 24.3 Å². The maximum Gasteiger partial charge on any atom is 0.490 e. The predicted molar refractivity (Wildman–Crippen MR) is 163 cm³/mol. The van der Waals surface area contributed by atoms with E-state index in [1.807, 2.05) is 70.3 Å². The van der Waals surface area contributed by atoms with Gasteiger partial charge in [0.1, 0.15) is 12.4 Å². The van der Waals surface area contributed by atoms with Gasteiger partial charge in [-0.15, -0.1) is 0 Å². The Kier molecular flexibility index (Phi) is 9.80. The zero-order chi connectivity index (χ0) is 33.9. The van der Waals surface area contributed by atoms with E-state index in [1.165, 1.54) is 0 Å². The molecule has 1 spiro atoms. The molecule has 0 radical (unpaired) electrons. The van der Waals surface area contributed by atoms with Crippen LogP contribution >= 0.6 is 0 Å². The van der Waals surface area contributed by atoms with Crippen molar-refractivity contribution in [2.45, 2.75) is 58.3 Å². The van der Waals surface area contributed by atoms with Crippen LogP contribution in [-0.2, 0) is 50.5 Å². The first kappa shape index (κ1) is 34.0. The number of anilines is 2. The minimum absolute atomic E-state index is 0.0744. The number of halogens is 3. The third-order valence-electron chi connectivity index (χ3n) is 7.65. The molecule has 1 unspecified atom stereocenters. The molecule has 0 saturated heterocycles. The first-order chi connectivity index (χ1) is 21.5. The molecule has 46 heavy (non-hydrogen) atoms. The first-order valence-corrected chi connectivity index (χ1v) is 14.4. The summed E-state index contributed by atoms with van der Waals surface area (Å²) in [6, 6.07) is 13.6. The number of pyridine rings is 2. The van der Waals surface area contributed by atoms with Crippen molar-refractivity contribution in [1.82, 2.24) is 20.2 Å². The van der Waals surface area contributed by atoms with Gasteiger partial charge in [-0.25, -0.2) is 9.78 Å². The van der Waals surface area contributed by atoms with E-state index in [0.717, 1.165) is 27.9 Å². The number of hydrogen-bond acceptors (Lipinski definition) is 7. The van der Waals surface area contributed by atoms with Crippen molar-refractivity contribution in [3.8, 4) is 0 Å². The molecule has 2 aromatic heterocycles. The second kappa shape index (κ2) is 13.3. The second-order valence-electron chi connectivity index (χ2n) is 12.2. The Morgan fingerprint density at radius 3 is 2.35 bits per heavy atom. The Bertz CT molecular complexity index is 1660. The number of aromatic nitrogens is 2. The van der Waals surface area contributed by atoms with E-state index < -0.39 is 23.0 Å². The highest BCUT2D eigenvalue weighted by Crippen LogP contribution is 2.46. The van der Waals surface area contributed by atoms with E-state index in [2.05, 4.69) is 25.9 Å². The van der Waals surface area contributed by atoms with Crippen LogP contribution < -0.4 is 16.0 Å². The van der Waals surface area contributed by atoms with Gasteiger partial charge in [-0.3, -0.25) is 19.4 Å². The fourth-order valence-corrected chi connectivity index (χ4v) is 5.51. The van der Waals surface area contributed by atoms with Crippen molar-refractivity contribution in [2.24, 2.45) is 5.41 Å². The molecule has 0 fully saturated rings. The average Bonchev–Trinajstić information content (AvgIpc) is 3.49. The highest BCUT2D eigenvalue weighted by molar-refractivity contribution is 6.06. The molecule has 11 nitrogen and oxygen atoms in total. The standard InChI is InChI=1S/C30H34N6O3.C2HF3O2/c1-29(2,3)28(39)36(17-20-9-6-5-8-19(20)15-31-4)18-25(37)34-22-12-21-13-30(14-24(21)33-16-22)23-10-7-11-32-26(23)35-27(30)38;3-2(4,5)1(6)7/h5-12,16,31H,13-15,17-18H2,1-4H3,(H,34,37)(H,32,35,38);(H,6,7). The zero-order valence-electron chi connectivity index (χ0n) is 25.8. The van der Waals surface area contributed by atoms with Crippen molar-refractivity contribution in [2.75, 3.05) is 24.2 Å². The Balaban J connectivity index is 0.000000617. The summed E-state index contributed by atoms with van der Waals surface area (Å²) in [6.07, 6.45) is -0.828. The summed E-state index contributed by atoms with van der Waals surface area (Å²) in [5.41, 5.74) is 3.89. The van der Waals surface area contributed by atoms with Crippen molar-refractivity contribution >= 4 is 35.2 Å². The van der Waals surface area contributed by atoms with Crippen LogP contribution in [0.1, 0.15) is 48.7 Å². The van der Waals surface area contributed by atoms with Crippen LogP contribution in [0.3, 0.4) is 0 Å². The summed E-state index contributed by atoms with van der Waals surface area (Å²) in [6.45, 7) is 6.47. The molecule has 4 N–H and O–H groups in total. The fourth-order valence-electron chi connectivity index (χ4n) is 5.51. The van der Waals surface area contributed by atoms with Gasteiger partial charge in [0.2, 0.25) is 17.7 Å². The molecule has 3 amide bonds. The molecule has 1 atom stereocenters. The van der Waals surface area contributed by atoms with Gasteiger partial charge in [0, 0.05) is 42.4 Å². The number of fused-ring (bicyclic) bond motifs is 3. The monoisotopic (exact) mass is 640 g/mol. The van der Waals surface area contributed by atoms with Gasteiger partial charge < -0.3 is 26.0 Å². The lowest BCUT2D eigenvalue weighted by atomic mass is 9.80. The molecule has 1 aliphatic carbocycles. The number of nitrogens with one attached hydrogen (secondary N) is 3. The van der Waals surface area contributed by atoms with E-state index in [1.54, 1.807) is 17.3 Å². The summed E-state index contributed by atoms with van der Waals surface area (Å²) in [4.78, 5) is 58.9. The molecular formula is C32H35F3N6O5. The summed E-state index contributed by atoms with van der Waals surface area (Å²) in [5.74, 6) is -2.64. The molecule has 3 aromatic rings. The zero-order valence-corrected chi connectivity index (χ0v) is 25.8. The van der Waals surface area contributed by atoms with Gasteiger partial charge >= 0.3 is 12.1 Å².